The van der Waals surface area contributed by atoms with Gasteiger partial charge in [0.1, 0.15) is 12.6 Å². The van der Waals surface area contributed by atoms with Crippen molar-refractivity contribution in [1.82, 2.24) is 10.2 Å². The molecular weight excluding hydrogens is 590 g/mol. The Balaban J connectivity index is 2.03. The summed E-state index contributed by atoms with van der Waals surface area (Å²) in [5.41, 5.74) is 0.502. The third kappa shape index (κ3) is 7.82. The predicted molar refractivity (Wildman–Crippen MR) is 154 cm³/mol. The number of anilines is 1. The smallest absolute Gasteiger partial charge is 0.264 e. The van der Waals surface area contributed by atoms with E-state index in [1.807, 2.05) is 20.8 Å². The first-order chi connectivity index (χ1) is 17.8. The fourth-order valence-corrected chi connectivity index (χ4v) is 5.80. The van der Waals surface area contributed by atoms with Gasteiger partial charge in [-0.2, -0.15) is 0 Å². The lowest BCUT2D eigenvalue weighted by atomic mass is 10.1. The van der Waals surface area contributed by atoms with E-state index in [0.717, 1.165) is 4.31 Å². The summed E-state index contributed by atoms with van der Waals surface area (Å²) in [5, 5.41) is 3.39. The van der Waals surface area contributed by atoms with Crippen LogP contribution in [0.3, 0.4) is 0 Å². The standard InChI is InChI=1S/C28H31BrClN3O4S/c1-20(27(35)31-28(2,3)4)32(18-21-10-8-12-23(30)16-21)26(34)19-33(24-13-9-11-22(29)17-24)38(36,37)25-14-6-5-7-15-25/h5-17,20H,18-19H2,1-4H3,(H,31,35)/t20-/m0/s1. The van der Waals surface area contributed by atoms with E-state index in [0.29, 0.717) is 20.7 Å². The maximum absolute atomic E-state index is 13.9. The largest absolute Gasteiger partial charge is 0.350 e. The van der Waals surface area contributed by atoms with E-state index in [1.54, 1.807) is 73.7 Å². The number of nitrogens with one attached hydrogen (secondary N) is 1. The molecule has 0 unspecified atom stereocenters. The molecule has 0 radical (unpaired) electrons. The molecular formula is C28H31BrClN3O4S. The van der Waals surface area contributed by atoms with Crippen molar-refractivity contribution in [2.24, 2.45) is 0 Å². The molecule has 1 N–H and O–H groups in total. The van der Waals surface area contributed by atoms with E-state index >= 15 is 0 Å². The molecule has 202 valence electrons. The monoisotopic (exact) mass is 619 g/mol. The zero-order valence-corrected chi connectivity index (χ0v) is 24.8. The molecule has 7 nitrogen and oxygen atoms in total. The second-order valence-corrected chi connectivity index (χ2v) is 13.1. The Morgan fingerprint density at radius 2 is 1.63 bits per heavy atom. The lowest BCUT2D eigenvalue weighted by Crippen LogP contribution is -2.54. The van der Waals surface area contributed by atoms with Crippen LogP contribution in [0.15, 0.2) is 88.2 Å². The van der Waals surface area contributed by atoms with Gasteiger partial charge in [-0.15, -0.1) is 0 Å². The Hall–Kier alpha value is -2.88. The molecule has 0 bridgehead atoms. The topological polar surface area (TPSA) is 86.8 Å². The number of nitrogens with zero attached hydrogens (tertiary/aromatic N) is 2. The summed E-state index contributed by atoms with van der Waals surface area (Å²) in [4.78, 5) is 28.4. The van der Waals surface area contributed by atoms with E-state index in [-0.39, 0.29) is 17.3 Å². The summed E-state index contributed by atoms with van der Waals surface area (Å²) in [6.07, 6.45) is 0. The summed E-state index contributed by atoms with van der Waals surface area (Å²) in [5.74, 6) is -0.895. The molecule has 0 aliphatic rings. The maximum atomic E-state index is 13.9. The normalized spacial score (nSPS) is 12.5. The number of hydrogen-bond acceptors (Lipinski definition) is 4. The van der Waals surface area contributed by atoms with Crippen molar-refractivity contribution in [3.8, 4) is 0 Å². The first-order valence-corrected chi connectivity index (χ1v) is 14.6. The average Bonchev–Trinajstić information content (AvgIpc) is 2.84. The van der Waals surface area contributed by atoms with Crippen LogP contribution in [0.1, 0.15) is 33.3 Å². The molecule has 3 aromatic rings. The minimum absolute atomic E-state index is 0.0488. The highest BCUT2D eigenvalue weighted by molar-refractivity contribution is 9.10. The number of carbonyl (C=O) groups is 2. The molecule has 0 fully saturated rings. The quantitative estimate of drug-likeness (QED) is 0.336. The zero-order valence-electron chi connectivity index (χ0n) is 21.7. The van der Waals surface area contributed by atoms with Crippen molar-refractivity contribution in [1.29, 1.82) is 0 Å². The number of halogens is 2. The highest BCUT2D eigenvalue weighted by Gasteiger charge is 2.33. The fraction of sp³-hybridized carbons (Fsp3) is 0.286. The van der Waals surface area contributed by atoms with Gasteiger partial charge in [-0.05, 0) is 75.7 Å². The SMILES string of the molecule is C[C@@H](C(=O)NC(C)(C)C)N(Cc1cccc(Cl)c1)C(=O)CN(c1cccc(Br)c1)S(=O)(=O)c1ccccc1. The Morgan fingerprint density at radius 1 is 0.974 bits per heavy atom. The van der Waals surface area contributed by atoms with Crippen LogP contribution in [0.5, 0.6) is 0 Å². The van der Waals surface area contributed by atoms with Gasteiger partial charge in [0, 0.05) is 21.6 Å². The van der Waals surface area contributed by atoms with Gasteiger partial charge >= 0.3 is 0 Å². The highest BCUT2D eigenvalue weighted by atomic mass is 79.9. The van der Waals surface area contributed by atoms with Crippen LogP contribution < -0.4 is 9.62 Å². The van der Waals surface area contributed by atoms with E-state index in [1.165, 1.54) is 17.0 Å². The molecule has 3 aromatic carbocycles. The van der Waals surface area contributed by atoms with Crippen molar-refractivity contribution in [2.75, 3.05) is 10.8 Å². The predicted octanol–water partition coefficient (Wildman–Crippen LogP) is 5.63. The first-order valence-electron chi connectivity index (χ1n) is 12.0. The van der Waals surface area contributed by atoms with Crippen LogP contribution >= 0.6 is 27.5 Å². The van der Waals surface area contributed by atoms with Gasteiger partial charge in [-0.3, -0.25) is 13.9 Å². The molecule has 0 aromatic heterocycles. The van der Waals surface area contributed by atoms with Crippen molar-refractivity contribution >= 4 is 55.1 Å². The molecule has 1 atom stereocenters. The molecule has 0 aliphatic heterocycles. The van der Waals surface area contributed by atoms with Crippen molar-refractivity contribution in [2.45, 2.75) is 50.7 Å². The van der Waals surface area contributed by atoms with Crippen LogP contribution in [0.2, 0.25) is 5.02 Å². The number of amides is 2. The second kappa shape index (κ2) is 12.3. The molecule has 10 heteroatoms. The molecule has 0 heterocycles. The fourth-order valence-electron chi connectivity index (χ4n) is 3.77. The van der Waals surface area contributed by atoms with Crippen LogP contribution in [-0.4, -0.2) is 43.3 Å². The Morgan fingerprint density at radius 3 is 2.24 bits per heavy atom. The van der Waals surface area contributed by atoms with Gasteiger partial charge in [-0.1, -0.05) is 63.9 Å². The summed E-state index contributed by atoms with van der Waals surface area (Å²) < 4.78 is 29.2. The number of sulfonamides is 1. The van der Waals surface area contributed by atoms with Gasteiger partial charge in [0.15, 0.2) is 0 Å². The Kier molecular flexibility index (Phi) is 9.62. The summed E-state index contributed by atoms with van der Waals surface area (Å²) in [7, 11) is -4.11. The highest BCUT2D eigenvalue weighted by Crippen LogP contribution is 2.27. The van der Waals surface area contributed by atoms with Gasteiger partial charge in [-0.25, -0.2) is 8.42 Å². The summed E-state index contributed by atoms with van der Waals surface area (Å²) in [6.45, 7) is 6.72. The third-order valence-electron chi connectivity index (χ3n) is 5.61. The van der Waals surface area contributed by atoms with E-state index < -0.39 is 34.1 Å². The number of hydrogen-bond donors (Lipinski definition) is 1. The lowest BCUT2D eigenvalue weighted by Gasteiger charge is -2.33. The number of carbonyl (C=O) groups excluding carboxylic acids is 2. The van der Waals surface area contributed by atoms with Crippen LogP contribution in [0, 0.1) is 0 Å². The van der Waals surface area contributed by atoms with Crippen LogP contribution in [0.4, 0.5) is 5.69 Å². The van der Waals surface area contributed by atoms with Crippen molar-refractivity contribution in [3.05, 3.63) is 93.9 Å². The van der Waals surface area contributed by atoms with Gasteiger partial charge in [0.25, 0.3) is 10.0 Å². The van der Waals surface area contributed by atoms with Gasteiger partial charge in [0.05, 0.1) is 10.6 Å². The minimum atomic E-state index is -4.11. The molecule has 0 aliphatic carbocycles. The Labute approximate surface area is 238 Å². The van der Waals surface area contributed by atoms with E-state index in [4.69, 9.17) is 11.6 Å². The molecule has 0 saturated heterocycles. The molecule has 0 spiro atoms. The molecule has 3 rings (SSSR count). The molecule has 0 saturated carbocycles. The number of rotatable bonds is 9. The van der Waals surface area contributed by atoms with Crippen molar-refractivity contribution < 1.29 is 18.0 Å². The number of benzene rings is 3. The first kappa shape index (κ1) is 29.7. The van der Waals surface area contributed by atoms with Gasteiger partial charge < -0.3 is 10.2 Å². The van der Waals surface area contributed by atoms with E-state index in [9.17, 15) is 18.0 Å². The maximum Gasteiger partial charge on any atom is 0.264 e. The van der Waals surface area contributed by atoms with Gasteiger partial charge in [0.2, 0.25) is 11.8 Å². The van der Waals surface area contributed by atoms with Crippen LogP contribution in [0.25, 0.3) is 0 Å². The molecule has 38 heavy (non-hydrogen) atoms. The van der Waals surface area contributed by atoms with Crippen molar-refractivity contribution in [3.63, 3.8) is 0 Å². The average molecular weight is 621 g/mol. The third-order valence-corrected chi connectivity index (χ3v) is 8.13. The zero-order chi connectivity index (χ0) is 28.1. The Bertz CT molecular complexity index is 1390. The second-order valence-electron chi connectivity index (χ2n) is 9.87. The summed E-state index contributed by atoms with van der Waals surface area (Å²) >= 11 is 9.56. The lowest BCUT2D eigenvalue weighted by molar-refractivity contribution is -0.140. The summed E-state index contributed by atoms with van der Waals surface area (Å²) in [6, 6.07) is 20.7. The van der Waals surface area contributed by atoms with E-state index in [2.05, 4.69) is 21.2 Å². The molecule has 2 amide bonds. The van der Waals surface area contributed by atoms with Crippen LogP contribution in [-0.2, 0) is 26.2 Å². The minimum Gasteiger partial charge on any atom is -0.350 e.